The molecule has 3 rings (SSSR count). The van der Waals surface area contributed by atoms with Gasteiger partial charge in [-0.2, -0.15) is 17.4 Å². The first-order chi connectivity index (χ1) is 16.7. The molecule has 0 bridgehead atoms. The summed E-state index contributed by atoms with van der Waals surface area (Å²) >= 11 is 0.626. The molecular formula is C25H25F3O6S2. The molecule has 0 fully saturated rings. The number of esters is 1. The van der Waals surface area contributed by atoms with Gasteiger partial charge in [0.25, 0.3) is 0 Å². The van der Waals surface area contributed by atoms with Crippen LogP contribution in [0.25, 0.3) is 22.3 Å². The summed E-state index contributed by atoms with van der Waals surface area (Å²) in [6.07, 6.45) is 0. The smallest absolute Gasteiger partial charge is 0.485 e. The van der Waals surface area contributed by atoms with E-state index in [0.717, 1.165) is 27.1 Å². The molecule has 0 atom stereocenters. The highest BCUT2D eigenvalue weighted by Crippen LogP contribution is 2.36. The van der Waals surface area contributed by atoms with E-state index < -0.39 is 21.2 Å². The Morgan fingerprint density at radius 1 is 0.861 bits per heavy atom. The monoisotopic (exact) mass is 542 g/mol. The minimum Gasteiger partial charge on any atom is -0.741 e. The van der Waals surface area contributed by atoms with Gasteiger partial charge in [-0.15, -0.1) is 0 Å². The highest BCUT2D eigenvalue weighted by atomic mass is 32.2. The van der Waals surface area contributed by atoms with E-state index in [1.54, 1.807) is 0 Å². The summed E-state index contributed by atoms with van der Waals surface area (Å²) in [4.78, 5) is 13.0. The normalized spacial score (nSPS) is 11.9. The lowest BCUT2D eigenvalue weighted by Crippen LogP contribution is -2.26. The van der Waals surface area contributed by atoms with Crippen LogP contribution in [0, 0.1) is 0 Å². The van der Waals surface area contributed by atoms with E-state index in [0.29, 0.717) is 12.0 Å². The molecule has 0 aliphatic rings. The van der Waals surface area contributed by atoms with Gasteiger partial charge in [-0.1, -0.05) is 72.8 Å². The summed E-state index contributed by atoms with van der Waals surface area (Å²) in [6.45, 7) is 5.46. The van der Waals surface area contributed by atoms with Crippen molar-refractivity contribution >= 4 is 28.1 Å². The van der Waals surface area contributed by atoms with Crippen LogP contribution in [-0.2, 0) is 35.9 Å². The average Bonchev–Trinajstić information content (AvgIpc) is 2.78. The molecule has 0 aromatic heterocycles. The number of hydrogen-bond donors (Lipinski definition) is 0. The van der Waals surface area contributed by atoms with Gasteiger partial charge >= 0.3 is 11.5 Å². The second-order valence-electron chi connectivity index (χ2n) is 8.28. The maximum atomic E-state index is 11.9. The summed E-state index contributed by atoms with van der Waals surface area (Å²) < 4.78 is 69.9. The number of alkyl halides is 3. The molecule has 0 N–H and O–H groups in total. The van der Waals surface area contributed by atoms with E-state index in [4.69, 9.17) is 21.9 Å². The molecule has 3 aromatic carbocycles. The lowest BCUT2D eigenvalue weighted by Gasteiger charge is -2.18. The van der Waals surface area contributed by atoms with E-state index in [1.165, 1.54) is 0 Å². The second kappa shape index (κ2) is 12.4. The summed E-state index contributed by atoms with van der Waals surface area (Å²) in [5.74, 6) is -0.361. The van der Waals surface area contributed by atoms with E-state index in [1.807, 2.05) is 69.3 Å². The molecule has 0 heterocycles. The van der Waals surface area contributed by atoms with Crippen LogP contribution in [0.4, 0.5) is 13.2 Å². The lowest BCUT2D eigenvalue weighted by atomic mass is 9.94. The van der Waals surface area contributed by atoms with Crippen molar-refractivity contribution in [3.63, 3.8) is 0 Å². The molecule has 0 unspecified atom stereocenters. The van der Waals surface area contributed by atoms with Crippen molar-refractivity contribution in [1.82, 2.24) is 0 Å². The summed E-state index contributed by atoms with van der Waals surface area (Å²) in [6, 6.07) is 26.7. The zero-order valence-electron chi connectivity index (χ0n) is 19.7. The van der Waals surface area contributed by atoms with Gasteiger partial charge in [-0.25, -0.2) is 13.2 Å². The Balaban J connectivity index is 0.000000493. The summed E-state index contributed by atoms with van der Waals surface area (Å²) in [7, 11) is -6.09. The lowest BCUT2D eigenvalue weighted by molar-refractivity contribution is -0.156. The first-order valence-electron chi connectivity index (χ1n) is 10.5. The molecule has 0 saturated heterocycles. The molecule has 0 aliphatic carbocycles. The molecular weight excluding hydrogens is 517 g/mol. The maximum Gasteiger partial charge on any atom is 0.485 e. The zero-order valence-corrected chi connectivity index (χ0v) is 21.4. The van der Waals surface area contributed by atoms with Gasteiger partial charge in [0.15, 0.2) is 27.1 Å². The van der Waals surface area contributed by atoms with Gasteiger partial charge in [-0.05, 0) is 43.5 Å². The van der Waals surface area contributed by atoms with Crippen LogP contribution in [0.5, 0.6) is 0 Å². The van der Waals surface area contributed by atoms with Crippen LogP contribution in [0.15, 0.2) is 83.8 Å². The van der Waals surface area contributed by atoms with Gasteiger partial charge in [0.1, 0.15) is 5.60 Å². The summed E-state index contributed by atoms with van der Waals surface area (Å²) in [5, 5.41) is 0. The van der Waals surface area contributed by atoms with Crippen LogP contribution < -0.4 is 0 Å². The standard InChI is InChI=1S/C24H24O3S.CHF3O3S/c1-24(2,3)27-22(25)17-26-28-21-16-10-15-20(18-11-6-4-7-12-18)23(21)19-13-8-5-9-14-19;2-1(3,4)8(5,6)7/h4-16H,17H2,1-3H3;(H,5,6,7). The highest BCUT2D eigenvalue weighted by Gasteiger charge is 2.36. The Hall–Kier alpha value is -2.86. The van der Waals surface area contributed by atoms with E-state index in [-0.39, 0.29) is 12.6 Å². The van der Waals surface area contributed by atoms with Crippen molar-refractivity contribution in [1.29, 1.82) is 0 Å². The first-order valence-corrected chi connectivity index (χ1v) is 12.7. The Morgan fingerprint density at radius 2 is 1.36 bits per heavy atom. The first kappa shape index (κ1) is 29.4. The predicted molar refractivity (Wildman–Crippen MR) is 132 cm³/mol. The number of hydrogen-bond acceptors (Lipinski definition) is 6. The van der Waals surface area contributed by atoms with Crippen LogP contribution in [-0.4, -0.2) is 36.7 Å². The third-order valence-corrected chi connectivity index (χ3v) is 5.63. The minimum absolute atomic E-state index is 0.0807. The largest absolute Gasteiger partial charge is 0.741 e. The van der Waals surface area contributed by atoms with Crippen molar-refractivity contribution in [2.24, 2.45) is 0 Å². The van der Waals surface area contributed by atoms with E-state index in [9.17, 15) is 18.0 Å². The van der Waals surface area contributed by atoms with Crippen LogP contribution in [0.2, 0.25) is 0 Å². The maximum absolute atomic E-state index is 11.9. The van der Waals surface area contributed by atoms with Crippen molar-refractivity contribution in [2.45, 2.75) is 36.8 Å². The number of thiol groups is 1. The average molecular weight is 543 g/mol. The van der Waals surface area contributed by atoms with Crippen LogP contribution in [0.3, 0.4) is 0 Å². The number of ether oxygens (including phenoxy) is 1. The number of rotatable bonds is 6. The Labute approximate surface area is 212 Å². The van der Waals surface area contributed by atoms with Crippen molar-refractivity contribution in [3.05, 3.63) is 78.9 Å². The quantitative estimate of drug-likeness (QED) is 0.134. The molecule has 194 valence electrons. The van der Waals surface area contributed by atoms with Crippen molar-refractivity contribution in [3.8, 4) is 22.3 Å². The Kier molecular flexibility index (Phi) is 10.1. The molecule has 36 heavy (non-hydrogen) atoms. The van der Waals surface area contributed by atoms with Crippen LogP contribution in [0.1, 0.15) is 20.8 Å². The Bertz CT molecular complexity index is 1240. The third-order valence-electron chi connectivity index (χ3n) is 4.24. The molecule has 6 nitrogen and oxygen atoms in total. The highest BCUT2D eigenvalue weighted by molar-refractivity contribution is 7.86. The number of benzene rings is 3. The number of carbonyl (C=O) groups excluding carboxylic acids is 1. The Morgan fingerprint density at radius 3 is 1.83 bits per heavy atom. The van der Waals surface area contributed by atoms with Gasteiger partial charge in [0, 0.05) is 5.56 Å². The molecule has 11 heteroatoms. The molecule has 0 radical (unpaired) electrons. The SMILES string of the molecule is CC(C)(C)OC(=O)CO[SH+]c1cccc(-c2ccccc2)c1-c1ccccc1.O=S(=O)([O-])C(F)(F)F. The van der Waals surface area contributed by atoms with E-state index in [2.05, 4.69) is 30.3 Å². The van der Waals surface area contributed by atoms with E-state index >= 15 is 0 Å². The fourth-order valence-electron chi connectivity index (χ4n) is 2.91. The molecule has 0 aliphatic heterocycles. The molecule has 0 spiro atoms. The van der Waals surface area contributed by atoms with Crippen molar-refractivity contribution in [2.75, 3.05) is 6.61 Å². The zero-order chi connectivity index (χ0) is 27.0. The fourth-order valence-corrected chi connectivity index (χ4v) is 3.70. The predicted octanol–water partition coefficient (Wildman–Crippen LogP) is 5.52. The third kappa shape index (κ3) is 9.30. The van der Waals surface area contributed by atoms with Gasteiger partial charge in [0.05, 0.1) is 0 Å². The van der Waals surface area contributed by atoms with Gasteiger partial charge in [-0.3, -0.25) is 0 Å². The molecule has 0 amide bonds. The second-order valence-corrected chi connectivity index (χ2v) is 10.6. The molecule has 3 aromatic rings. The van der Waals surface area contributed by atoms with Gasteiger partial charge < -0.3 is 9.29 Å². The van der Waals surface area contributed by atoms with Gasteiger partial charge in [0.2, 0.25) is 6.61 Å². The fraction of sp³-hybridized carbons (Fsp3) is 0.240. The van der Waals surface area contributed by atoms with Crippen LogP contribution >= 0.6 is 0 Å². The topological polar surface area (TPSA) is 92.7 Å². The number of halogens is 3. The molecule has 0 saturated carbocycles. The summed E-state index contributed by atoms with van der Waals surface area (Å²) in [5.41, 5.74) is -1.65. The minimum atomic E-state index is -6.09. The number of carbonyl (C=O) groups is 1. The van der Waals surface area contributed by atoms with Crippen molar-refractivity contribution < 1.29 is 39.9 Å².